The molecule has 3 rings (SSSR count). The van der Waals surface area contributed by atoms with Gasteiger partial charge in [-0.3, -0.25) is 19.8 Å². The van der Waals surface area contributed by atoms with Gasteiger partial charge in [-0.15, -0.1) is 0 Å². The van der Waals surface area contributed by atoms with Gasteiger partial charge in [-0.05, 0) is 37.1 Å². The Balaban J connectivity index is 1.43. The van der Waals surface area contributed by atoms with Crippen LogP contribution in [0.2, 0.25) is 0 Å². The summed E-state index contributed by atoms with van der Waals surface area (Å²) in [4.78, 5) is 24.8. The van der Waals surface area contributed by atoms with Crippen LogP contribution in [0.25, 0.3) is 0 Å². The second-order valence-corrected chi connectivity index (χ2v) is 6.62. The number of hydrogen-bond donors (Lipinski definition) is 1. The lowest BCUT2D eigenvalue weighted by Gasteiger charge is -2.30. The summed E-state index contributed by atoms with van der Waals surface area (Å²) in [6.07, 6.45) is 3.20. The van der Waals surface area contributed by atoms with E-state index in [1.807, 2.05) is 30.3 Å². The molecule has 0 bridgehead atoms. The number of hydrogen-bond acceptors (Lipinski definition) is 5. The van der Waals surface area contributed by atoms with Crippen LogP contribution in [-0.4, -0.2) is 35.0 Å². The van der Waals surface area contributed by atoms with E-state index in [0.717, 1.165) is 43.6 Å². The van der Waals surface area contributed by atoms with Crippen molar-refractivity contribution in [2.75, 3.05) is 13.1 Å². The Bertz CT molecular complexity index is 798. The van der Waals surface area contributed by atoms with Crippen molar-refractivity contribution in [3.63, 3.8) is 0 Å². The summed E-state index contributed by atoms with van der Waals surface area (Å²) in [5, 5.41) is 14.7. The first kappa shape index (κ1) is 18.7. The van der Waals surface area contributed by atoms with E-state index in [2.05, 4.69) is 15.4 Å². The van der Waals surface area contributed by atoms with E-state index in [-0.39, 0.29) is 17.5 Å². The zero-order valence-corrected chi connectivity index (χ0v) is 15.0. The third-order valence-electron chi connectivity index (χ3n) is 4.70. The van der Waals surface area contributed by atoms with E-state index in [9.17, 15) is 14.9 Å². The Morgan fingerprint density at radius 2 is 1.81 bits per heavy atom. The Labute approximate surface area is 157 Å². The highest BCUT2D eigenvalue weighted by molar-refractivity contribution is 5.83. The first-order chi connectivity index (χ1) is 13.1. The molecule has 0 atom stereocenters. The van der Waals surface area contributed by atoms with Crippen LogP contribution in [0.5, 0.6) is 0 Å². The molecular weight excluding hydrogens is 344 g/mol. The molecule has 0 unspecified atom stereocenters. The lowest BCUT2D eigenvalue weighted by Crippen LogP contribution is -2.39. The molecule has 1 amide bonds. The SMILES string of the molecule is O=C(N/N=C\c1ccccc1)C1CCN(Cc2ccc([N+](=O)[O-])cc2)CC1. The molecular formula is C20H22N4O3. The predicted octanol–water partition coefficient (Wildman–Crippen LogP) is 2.96. The van der Waals surface area contributed by atoms with Gasteiger partial charge in [0.25, 0.3) is 5.69 Å². The maximum Gasteiger partial charge on any atom is 0.269 e. The van der Waals surface area contributed by atoms with Gasteiger partial charge >= 0.3 is 0 Å². The van der Waals surface area contributed by atoms with E-state index in [1.54, 1.807) is 18.3 Å². The van der Waals surface area contributed by atoms with Crippen LogP contribution in [0.15, 0.2) is 59.7 Å². The minimum absolute atomic E-state index is 0.0361. The maximum absolute atomic E-state index is 12.2. The van der Waals surface area contributed by atoms with Crippen molar-refractivity contribution in [1.29, 1.82) is 0 Å². The standard InChI is InChI=1S/C20H22N4O3/c25-20(22-21-14-16-4-2-1-3-5-16)18-10-12-23(13-11-18)15-17-6-8-19(9-7-17)24(26)27/h1-9,14,18H,10-13,15H2,(H,22,25)/b21-14-. The quantitative estimate of drug-likeness (QED) is 0.484. The molecule has 2 aromatic rings. The molecule has 140 valence electrons. The summed E-state index contributed by atoms with van der Waals surface area (Å²) in [6, 6.07) is 16.2. The highest BCUT2D eigenvalue weighted by Gasteiger charge is 2.24. The number of carbonyl (C=O) groups is 1. The zero-order valence-electron chi connectivity index (χ0n) is 15.0. The van der Waals surface area contributed by atoms with Crippen LogP contribution in [-0.2, 0) is 11.3 Å². The predicted molar refractivity (Wildman–Crippen MR) is 103 cm³/mol. The molecule has 7 heteroatoms. The van der Waals surface area contributed by atoms with Crippen LogP contribution in [0.4, 0.5) is 5.69 Å². The number of nitrogens with zero attached hydrogens (tertiary/aromatic N) is 3. The molecule has 1 aliphatic heterocycles. The zero-order chi connectivity index (χ0) is 19.1. The molecule has 1 aliphatic rings. The van der Waals surface area contributed by atoms with Crippen molar-refractivity contribution >= 4 is 17.8 Å². The largest absolute Gasteiger partial charge is 0.299 e. The smallest absolute Gasteiger partial charge is 0.269 e. The highest BCUT2D eigenvalue weighted by Crippen LogP contribution is 2.20. The number of piperidine rings is 1. The monoisotopic (exact) mass is 366 g/mol. The van der Waals surface area contributed by atoms with Crippen molar-refractivity contribution in [2.45, 2.75) is 19.4 Å². The average Bonchev–Trinajstić information content (AvgIpc) is 2.70. The van der Waals surface area contributed by atoms with Crippen LogP contribution in [0, 0.1) is 16.0 Å². The van der Waals surface area contributed by atoms with Crippen LogP contribution in [0.3, 0.4) is 0 Å². The Morgan fingerprint density at radius 1 is 1.15 bits per heavy atom. The summed E-state index contributed by atoms with van der Waals surface area (Å²) < 4.78 is 0. The van der Waals surface area contributed by atoms with Crippen molar-refractivity contribution in [3.05, 3.63) is 75.8 Å². The number of nitro groups is 1. The molecule has 0 aliphatic carbocycles. The number of benzene rings is 2. The van der Waals surface area contributed by atoms with Crippen molar-refractivity contribution in [3.8, 4) is 0 Å². The van der Waals surface area contributed by atoms with Gasteiger partial charge in [-0.25, -0.2) is 5.43 Å². The lowest BCUT2D eigenvalue weighted by atomic mass is 9.96. The van der Waals surface area contributed by atoms with E-state index in [0.29, 0.717) is 0 Å². The van der Waals surface area contributed by atoms with Gasteiger partial charge in [-0.1, -0.05) is 42.5 Å². The molecule has 1 saturated heterocycles. The van der Waals surface area contributed by atoms with Crippen LogP contribution < -0.4 is 5.43 Å². The van der Waals surface area contributed by atoms with E-state index in [1.165, 1.54) is 12.1 Å². The lowest BCUT2D eigenvalue weighted by molar-refractivity contribution is -0.384. The number of non-ortho nitro benzene ring substituents is 1. The highest BCUT2D eigenvalue weighted by atomic mass is 16.6. The molecule has 0 aromatic heterocycles. The molecule has 1 fully saturated rings. The van der Waals surface area contributed by atoms with Crippen molar-refractivity contribution in [1.82, 2.24) is 10.3 Å². The number of amides is 1. The fourth-order valence-electron chi connectivity index (χ4n) is 3.14. The number of nitro benzene ring substituents is 1. The van der Waals surface area contributed by atoms with E-state index >= 15 is 0 Å². The maximum atomic E-state index is 12.2. The summed E-state index contributed by atoms with van der Waals surface area (Å²) >= 11 is 0. The Hall–Kier alpha value is -3.06. The van der Waals surface area contributed by atoms with E-state index < -0.39 is 4.92 Å². The normalized spacial score (nSPS) is 15.7. The minimum atomic E-state index is -0.395. The van der Waals surface area contributed by atoms with Gasteiger partial charge in [0.1, 0.15) is 0 Å². The fourth-order valence-corrected chi connectivity index (χ4v) is 3.14. The van der Waals surface area contributed by atoms with Crippen molar-refractivity contribution < 1.29 is 9.72 Å². The number of nitrogens with one attached hydrogen (secondary N) is 1. The molecule has 0 radical (unpaired) electrons. The molecule has 7 nitrogen and oxygen atoms in total. The molecule has 0 spiro atoms. The minimum Gasteiger partial charge on any atom is -0.299 e. The van der Waals surface area contributed by atoms with Crippen LogP contribution in [0.1, 0.15) is 24.0 Å². The van der Waals surface area contributed by atoms with Gasteiger partial charge in [0.2, 0.25) is 5.91 Å². The van der Waals surface area contributed by atoms with Gasteiger partial charge in [0.05, 0.1) is 11.1 Å². The summed E-state index contributed by atoms with van der Waals surface area (Å²) in [5.41, 5.74) is 4.71. The third-order valence-corrected chi connectivity index (χ3v) is 4.70. The first-order valence-corrected chi connectivity index (χ1v) is 8.95. The first-order valence-electron chi connectivity index (χ1n) is 8.95. The van der Waals surface area contributed by atoms with Gasteiger partial charge in [0, 0.05) is 24.6 Å². The fraction of sp³-hybridized carbons (Fsp3) is 0.300. The number of hydrazone groups is 1. The molecule has 1 heterocycles. The van der Waals surface area contributed by atoms with Crippen LogP contribution >= 0.6 is 0 Å². The van der Waals surface area contributed by atoms with Crippen molar-refractivity contribution in [2.24, 2.45) is 11.0 Å². The Morgan fingerprint density at radius 3 is 2.44 bits per heavy atom. The summed E-state index contributed by atoms with van der Waals surface area (Å²) in [7, 11) is 0. The molecule has 27 heavy (non-hydrogen) atoms. The van der Waals surface area contributed by atoms with E-state index in [4.69, 9.17) is 0 Å². The van der Waals surface area contributed by atoms with Gasteiger partial charge in [-0.2, -0.15) is 5.10 Å². The number of carbonyl (C=O) groups excluding carboxylic acids is 1. The molecule has 2 aromatic carbocycles. The molecule has 0 saturated carbocycles. The topological polar surface area (TPSA) is 87.8 Å². The Kier molecular flexibility index (Phi) is 6.27. The average molecular weight is 366 g/mol. The van der Waals surface area contributed by atoms with Gasteiger partial charge in [0.15, 0.2) is 0 Å². The van der Waals surface area contributed by atoms with Gasteiger partial charge < -0.3 is 0 Å². The summed E-state index contributed by atoms with van der Waals surface area (Å²) in [5.74, 6) is -0.0804. The second kappa shape index (κ2) is 9.05. The number of rotatable bonds is 6. The summed E-state index contributed by atoms with van der Waals surface area (Å²) in [6.45, 7) is 2.37. The number of likely N-dealkylation sites (tertiary alicyclic amines) is 1. The second-order valence-electron chi connectivity index (χ2n) is 6.62. The third kappa shape index (κ3) is 5.46. The molecule has 1 N–H and O–H groups in total.